The highest BCUT2D eigenvalue weighted by Gasteiger charge is 2.02. The van der Waals surface area contributed by atoms with E-state index in [0.717, 1.165) is 0 Å². The summed E-state index contributed by atoms with van der Waals surface area (Å²) in [6.45, 7) is -0.115. The Bertz CT molecular complexity index is 348. The fourth-order valence-corrected chi connectivity index (χ4v) is 1.16. The molecule has 0 saturated heterocycles. The van der Waals surface area contributed by atoms with Crippen LogP contribution in [0.15, 0.2) is 18.2 Å². The van der Waals surface area contributed by atoms with Crippen molar-refractivity contribution < 1.29 is 9.13 Å². The monoisotopic (exact) mass is 213 g/mol. The van der Waals surface area contributed by atoms with Crippen LogP contribution in [-0.4, -0.2) is 13.3 Å². The Balaban J connectivity index is 2.65. The SMILES string of the molecule is N#Cc1ccc(OCCCF)c(Cl)c1. The van der Waals surface area contributed by atoms with Gasteiger partial charge in [-0.1, -0.05) is 11.6 Å². The van der Waals surface area contributed by atoms with E-state index in [9.17, 15) is 4.39 Å². The highest BCUT2D eigenvalue weighted by Crippen LogP contribution is 2.25. The molecule has 2 nitrogen and oxygen atoms in total. The van der Waals surface area contributed by atoms with Crippen molar-refractivity contribution in [2.45, 2.75) is 6.42 Å². The fraction of sp³-hybridized carbons (Fsp3) is 0.300. The lowest BCUT2D eigenvalue weighted by molar-refractivity contribution is 0.290. The third kappa shape index (κ3) is 2.90. The van der Waals surface area contributed by atoms with Crippen molar-refractivity contribution in [3.63, 3.8) is 0 Å². The van der Waals surface area contributed by atoms with Gasteiger partial charge in [-0.05, 0) is 18.2 Å². The second-order valence-electron chi connectivity index (χ2n) is 2.65. The molecule has 0 saturated carbocycles. The summed E-state index contributed by atoms with van der Waals surface area (Å²) >= 11 is 5.82. The summed E-state index contributed by atoms with van der Waals surface area (Å²) in [4.78, 5) is 0. The van der Waals surface area contributed by atoms with Gasteiger partial charge in [-0.2, -0.15) is 5.26 Å². The van der Waals surface area contributed by atoms with Crippen molar-refractivity contribution in [3.8, 4) is 11.8 Å². The van der Waals surface area contributed by atoms with Crippen molar-refractivity contribution in [1.82, 2.24) is 0 Å². The molecule has 0 radical (unpaired) electrons. The average molecular weight is 214 g/mol. The first-order chi connectivity index (χ1) is 6.77. The minimum absolute atomic E-state index is 0.294. The van der Waals surface area contributed by atoms with Gasteiger partial charge in [-0.3, -0.25) is 4.39 Å². The summed E-state index contributed by atoms with van der Waals surface area (Å²) in [5.41, 5.74) is 0.479. The van der Waals surface area contributed by atoms with Gasteiger partial charge in [-0.25, -0.2) is 0 Å². The van der Waals surface area contributed by atoms with Crippen LogP contribution >= 0.6 is 11.6 Å². The van der Waals surface area contributed by atoms with Crippen LogP contribution in [0.1, 0.15) is 12.0 Å². The normalized spacial score (nSPS) is 9.50. The van der Waals surface area contributed by atoms with Crippen molar-refractivity contribution >= 4 is 11.6 Å². The van der Waals surface area contributed by atoms with E-state index in [1.165, 1.54) is 6.07 Å². The van der Waals surface area contributed by atoms with Crippen molar-refractivity contribution in [2.75, 3.05) is 13.3 Å². The second-order valence-corrected chi connectivity index (χ2v) is 3.06. The third-order valence-corrected chi connectivity index (χ3v) is 1.89. The molecule has 0 aliphatic rings. The molecular formula is C10H9ClFNO. The van der Waals surface area contributed by atoms with Crippen molar-refractivity contribution in [2.24, 2.45) is 0 Å². The van der Waals surface area contributed by atoms with Crippen LogP contribution in [0.25, 0.3) is 0 Å². The molecule has 0 heterocycles. The number of hydrogen-bond acceptors (Lipinski definition) is 2. The van der Waals surface area contributed by atoms with Crippen LogP contribution < -0.4 is 4.74 Å². The highest BCUT2D eigenvalue weighted by atomic mass is 35.5. The van der Waals surface area contributed by atoms with Crippen LogP contribution in [0.5, 0.6) is 5.75 Å². The zero-order valence-electron chi connectivity index (χ0n) is 7.46. The molecule has 0 amide bonds. The number of benzene rings is 1. The maximum atomic E-state index is 11.8. The predicted octanol–water partition coefficient (Wildman–Crippen LogP) is 2.95. The lowest BCUT2D eigenvalue weighted by Gasteiger charge is -2.06. The lowest BCUT2D eigenvalue weighted by Crippen LogP contribution is -1.98. The Labute approximate surface area is 86.9 Å². The van der Waals surface area contributed by atoms with Crippen LogP contribution in [0.3, 0.4) is 0 Å². The molecule has 14 heavy (non-hydrogen) atoms. The molecular weight excluding hydrogens is 205 g/mol. The second kappa shape index (κ2) is 5.46. The van der Waals surface area contributed by atoms with Gasteiger partial charge >= 0.3 is 0 Å². The van der Waals surface area contributed by atoms with Crippen LogP contribution in [0.4, 0.5) is 4.39 Å². The van der Waals surface area contributed by atoms with Gasteiger partial charge in [-0.15, -0.1) is 0 Å². The van der Waals surface area contributed by atoms with Gasteiger partial charge in [0.15, 0.2) is 0 Å². The summed E-state index contributed by atoms with van der Waals surface area (Å²) in [5.74, 6) is 0.485. The number of nitrogens with zero attached hydrogens (tertiary/aromatic N) is 1. The topological polar surface area (TPSA) is 33.0 Å². The van der Waals surface area contributed by atoms with E-state index in [1.807, 2.05) is 6.07 Å². The summed E-state index contributed by atoms with van der Waals surface area (Å²) < 4.78 is 17.0. The van der Waals surface area contributed by atoms with E-state index >= 15 is 0 Å². The molecule has 0 aliphatic heterocycles. The third-order valence-electron chi connectivity index (χ3n) is 1.60. The van der Waals surface area contributed by atoms with E-state index in [-0.39, 0.29) is 0 Å². The zero-order valence-corrected chi connectivity index (χ0v) is 8.22. The van der Waals surface area contributed by atoms with Gasteiger partial charge < -0.3 is 4.74 Å². The van der Waals surface area contributed by atoms with Crippen molar-refractivity contribution in [3.05, 3.63) is 28.8 Å². The number of alkyl halides is 1. The molecule has 0 aliphatic carbocycles. The van der Waals surface area contributed by atoms with E-state index in [2.05, 4.69) is 0 Å². The molecule has 1 aromatic carbocycles. The Hall–Kier alpha value is -1.27. The molecule has 0 aromatic heterocycles. The molecule has 0 fully saturated rings. The van der Waals surface area contributed by atoms with E-state index in [4.69, 9.17) is 21.6 Å². The molecule has 0 unspecified atom stereocenters. The highest BCUT2D eigenvalue weighted by molar-refractivity contribution is 6.32. The first kappa shape index (κ1) is 10.8. The number of halogens is 2. The van der Waals surface area contributed by atoms with Crippen LogP contribution in [0.2, 0.25) is 5.02 Å². The minimum atomic E-state index is -0.409. The van der Waals surface area contributed by atoms with E-state index in [0.29, 0.717) is 29.4 Å². The molecule has 4 heteroatoms. The number of ether oxygens (including phenoxy) is 1. The summed E-state index contributed by atoms with van der Waals surface area (Å²) in [6.07, 6.45) is 0.344. The molecule has 0 atom stereocenters. The predicted molar refractivity (Wildman–Crippen MR) is 52.3 cm³/mol. The first-order valence-electron chi connectivity index (χ1n) is 4.16. The molecule has 0 bridgehead atoms. The molecule has 1 rings (SSSR count). The fourth-order valence-electron chi connectivity index (χ4n) is 0.924. The van der Waals surface area contributed by atoms with E-state index < -0.39 is 6.67 Å². The maximum absolute atomic E-state index is 11.8. The minimum Gasteiger partial charge on any atom is -0.492 e. The maximum Gasteiger partial charge on any atom is 0.137 e. The number of nitriles is 1. The van der Waals surface area contributed by atoms with E-state index in [1.54, 1.807) is 12.1 Å². The smallest absolute Gasteiger partial charge is 0.137 e. The van der Waals surface area contributed by atoms with Gasteiger partial charge in [0, 0.05) is 6.42 Å². The van der Waals surface area contributed by atoms with Gasteiger partial charge in [0.1, 0.15) is 5.75 Å². The summed E-state index contributed by atoms with van der Waals surface area (Å²) in [5, 5.41) is 8.95. The number of hydrogen-bond donors (Lipinski definition) is 0. The van der Waals surface area contributed by atoms with Gasteiger partial charge in [0.2, 0.25) is 0 Å². The zero-order chi connectivity index (χ0) is 10.4. The van der Waals surface area contributed by atoms with Gasteiger partial charge in [0.25, 0.3) is 0 Å². The molecule has 0 N–H and O–H groups in total. The van der Waals surface area contributed by atoms with Gasteiger partial charge in [0.05, 0.1) is 29.9 Å². The Morgan fingerprint density at radius 2 is 2.29 bits per heavy atom. The lowest BCUT2D eigenvalue weighted by atomic mass is 10.2. The average Bonchev–Trinajstić information content (AvgIpc) is 2.20. The quantitative estimate of drug-likeness (QED) is 0.721. The summed E-state index contributed by atoms with van der Waals surface area (Å²) in [7, 11) is 0. The Morgan fingerprint density at radius 3 is 2.86 bits per heavy atom. The molecule has 74 valence electrons. The summed E-state index contributed by atoms with van der Waals surface area (Å²) in [6, 6.07) is 6.70. The number of rotatable bonds is 4. The van der Waals surface area contributed by atoms with Crippen LogP contribution in [0, 0.1) is 11.3 Å². The van der Waals surface area contributed by atoms with Crippen molar-refractivity contribution in [1.29, 1.82) is 5.26 Å². The van der Waals surface area contributed by atoms with Crippen LogP contribution in [-0.2, 0) is 0 Å². The molecule has 1 aromatic rings. The molecule has 0 spiro atoms. The Kier molecular flexibility index (Phi) is 4.21. The Morgan fingerprint density at radius 1 is 1.50 bits per heavy atom. The largest absolute Gasteiger partial charge is 0.492 e. The first-order valence-corrected chi connectivity index (χ1v) is 4.54. The standard InChI is InChI=1S/C10H9ClFNO/c11-9-6-8(7-13)2-3-10(9)14-5-1-4-12/h2-3,6H,1,4-5H2.